The molecule has 0 aliphatic heterocycles. The molecule has 5 heteroatoms. The summed E-state index contributed by atoms with van der Waals surface area (Å²) in [6, 6.07) is 10.8. The fourth-order valence-electron chi connectivity index (χ4n) is 2.71. The molecule has 0 saturated carbocycles. The number of halogens is 1. The van der Waals surface area contributed by atoms with E-state index < -0.39 is 0 Å². The molecular formula is C18H18ClN3O. The lowest BCUT2D eigenvalue weighted by Crippen LogP contribution is -2.28. The number of nitrogens with zero attached hydrogens (tertiary/aromatic N) is 2. The van der Waals surface area contributed by atoms with Gasteiger partial charge in [0.05, 0.1) is 27.7 Å². The van der Waals surface area contributed by atoms with Crippen molar-refractivity contribution in [2.24, 2.45) is 5.73 Å². The molecule has 0 amide bonds. The number of nitrogens with two attached hydrogens (primary N) is 1. The molecule has 0 unspecified atom stereocenters. The second-order valence-corrected chi connectivity index (χ2v) is 6.23. The molecule has 4 nitrogen and oxygen atoms in total. The molecule has 0 bridgehead atoms. The van der Waals surface area contributed by atoms with E-state index >= 15 is 0 Å². The van der Waals surface area contributed by atoms with E-state index in [9.17, 15) is 4.79 Å². The first-order valence-electron chi connectivity index (χ1n) is 7.44. The van der Waals surface area contributed by atoms with Gasteiger partial charge in [0, 0.05) is 0 Å². The van der Waals surface area contributed by atoms with Crippen molar-refractivity contribution in [3.05, 3.63) is 68.7 Å². The summed E-state index contributed by atoms with van der Waals surface area (Å²) >= 11 is 6.24. The maximum absolute atomic E-state index is 13.1. The first kappa shape index (κ1) is 15.7. The van der Waals surface area contributed by atoms with Crippen LogP contribution < -0.4 is 11.3 Å². The normalized spacial score (nSPS) is 12.6. The Kier molecular flexibility index (Phi) is 3.96. The van der Waals surface area contributed by atoms with E-state index in [-0.39, 0.29) is 11.6 Å². The highest BCUT2D eigenvalue weighted by molar-refractivity contribution is 6.35. The van der Waals surface area contributed by atoms with Gasteiger partial charge in [0.25, 0.3) is 5.56 Å². The van der Waals surface area contributed by atoms with Gasteiger partial charge in [-0.25, -0.2) is 4.98 Å². The van der Waals surface area contributed by atoms with E-state index in [1.807, 2.05) is 39.0 Å². The number of aromatic nitrogens is 2. The Morgan fingerprint density at radius 3 is 2.65 bits per heavy atom. The van der Waals surface area contributed by atoms with Gasteiger partial charge >= 0.3 is 0 Å². The van der Waals surface area contributed by atoms with Crippen LogP contribution in [0, 0.1) is 13.8 Å². The van der Waals surface area contributed by atoms with Gasteiger partial charge in [-0.2, -0.15) is 0 Å². The molecule has 0 spiro atoms. The molecular weight excluding hydrogens is 310 g/mol. The molecule has 3 aromatic rings. The Labute approximate surface area is 139 Å². The first-order chi connectivity index (χ1) is 10.9. The topological polar surface area (TPSA) is 60.9 Å². The maximum atomic E-state index is 13.1. The zero-order valence-corrected chi connectivity index (χ0v) is 14.1. The molecule has 3 rings (SSSR count). The second kappa shape index (κ2) is 5.80. The minimum atomic E-state index is -0.383. The van der Waals surface area contributed by atoms with Crippen LogP contribution in [0.5, 0.6) is 0 Å². The summed E-state index contributed by atoms with van der Waals surface area (Å²) in [5, 5.41) is 0.815. The minimum Gasteiger partial charge on any atom is -0.322 e. The smallest absolute Gasteiger partial charge is 0.267 e. The van der Waals surface area contributed by atoms with Gasteiger partial charge in [-0.05, 0) is 50.1 Å². The van der Waals surface area contributed by atoms with E-state index in [4.69, 9.17) is 17.3 Å². The Morgan fingerprint density at radius 1 is 1.22 bits per heavy atom. The van der Waals surface area contributed by atoms with Crippen LogP contribution in [-0.2, 0) is 0 Å². The van der Waals surface area contributed by atoms with Crippen LogP contribution in [0.3, 0.4) is 0 Å². The summed E-state index contributed by atoms with van der Waals surface area (Å²) in [7, 11) is 0. The summed E-state index contributed by atoms with van der Waals surface area (Å²) in [6.45, 7) is 5.77. The highest BCUT2D eigenvalue weighted by Crippen LogP contribution is 2.23. The summed E-state index contributed by atoms with van der Waals surface area (Å²) in [5.74, 6) is 0.526. The number of benzene rings is 2. The van der Waals surface area contributed by atoms with Gasteiger partial charge < -0.3 is 5.73 Å². The van der Waals surface area contributed by atoms with Gasteiger partial charge in [0.15, 0.2) is 0 Å². The zero-order valence-electron chi connectivity index (χ0n) is 13.3. The summed E-state index contributed by atoms with van der Waals surface area (Å²) in [6.07, 6.45) is 0. The Balaban J connectivity index is 2.50. The van der Waals surface area contributed by atoms with Gasteiger partial charge in [-0.3, -0.25) is 9.36 Å². The van der Waals surface area contributed by atoms with Crippen molar-refractivity contribution < 1.29 is 0 Å². The number of rotatable bonds is 2. The fraction of sp³-hybridized carbons (Fsp3) is 0.222. The van der Waals surface area contributed by atoms with Gasteiger partial charge in [-0.1, -0.05) is 29.8 Å². The van der Waals surface area contributed by atoms with Crippen molar-refractivity contribution in [3.63, 3.8) is 0 Å². The largest absolute Gasteiger partial charge is 0.322 e. The molecule has 0 aliphatic carbocycles. The SMILES string of the molecule is Cc1ccc(C)c(-n2c([C@H](C)N)nc3cccc(Cl)c3c2=O)c1. The lowest BCUT2D eigenvalue weighted by atomic mass is 10.1. The molecule has 2 N–H and O–H groups in total. The van der Waals surface area contributed by atoms with Crippen molar-refractivity contribution in [1.82, 2.24) is 9.55 Å². The molecule has 23 heavy (non-hydrogen) atoms. The van der Waals surface area contributed by atoms with Crippen molar-refractivity contribution in [3.8, 4) is 5.69 Å². The van der Waals surface area contributed by atoms with E-state index in [2.05, 4.69) is 4.98 Å². The average Bonchev–Trinajstić information content (AvgIpc) is 2.49. The third-order valence-electron chi connectivity index (χ3n) is 3.89. The summed E-state index contributed by atoms with van der Waals surface area (Å²) in [4.78, 5) is 17.7. The molecule has 1 atom stereocenters. The predicted molar refractivity (Wildman–Crippen MR) is 94.4 cm³/mol. The van der Waals surface area contributed by atoms with Crippen LogP contribution in [0.25, 0.3) is 16.6 Å². The molecule has 1 aromatic heterocycles. The van der Waals surface area contributed by atoms with Crippen molar-refractivity contribution in [2.45, 2.75) is 26.8 Å². The van der Waals surface area contributed by atoms with Crippen LogP contribution >= 0.6 is 11.6 Å². The van der Waals surface area contributed by atoms with Gasteiger partial charge in [-0.15, -0.1) is 0 Å². The molecule has 0 saturated heterocycles. The molecule has 0 fully saturated rings. The third kappa shape index (κ3) is 2.64. The lowest BCUT2D eigenvalue weighted by molar-refractivity contribution is 0.694. The second-order valence-electron chi connectivity index (χ2n) is 5.82. The highest BCUT2D eigenvalue weighted by atomic mass is 35.5. The summed E-state index contributed by atoms with van der Waals surface area (Å²) < 4.78 is 1.58. The number of hydrogen-bond donors (Lipinski definition) is 1. The third-order valence-corrected chi connectivity index (χ3v) is 4.20. The maximum Gasteiger partial charge on any atom is 0.267 e. The van der Waals surface area contributed by atoms with Gasteiger partial charge in [0.1, 0.15) is 5.82 Å². The number of aryl methyl sites for hydroxylation is 2. The van der Waals surface area contributed by atoms with E-state index in [1.165, 1.54) is 0 Å². The fourth-order valence-corrected chi connectivity index (χ4v) is 2.96. The van der Waals surface area contributed by atoms with Gasteiger partial charge in [0.2, 0.25) is 0 Å². The van der Waals surface area contributed by atoms with E-state index in [1.54, 1.807) is 22.8 Å². The van der Waals surface area contributed by atoms with Crippen LogP contribution in [0.4, 0.5) is 0 Å². The zero-order chi connectivity index (χ0) is 16.7. The minimum absolute atomic E-state index is 0.193. The molecule has 118 valence electrons. The van der Waals surface area contributed by atoms with E-state index in [0.29, 0.717) is 21.7 Å². The standard InChI is InChI=1S/C18H18ClN3O/c1-10-7-8-11(2)15(9-10)22-17(12(3)20)21-14-6-4-5-13(19)16(14)18(22)23/h4-9,12H,20H2,1-3H3/t12-/m0/s1. The predicted octanol–water partition coefficient (Wildman–Crippen LogP) is 3.68. The van der Waals surface area contributed by atoms with Crippen molar-refractivity contribution in [2.75, 3.05) is 0 Å². The number of fused-ring (bicyclic) bond motifs is 1. The first-order valence-corrected chi connectivity index (χ1v) is 7.82. The van der Waals surface area contributed by atoms with Crippen LogP contribution in [0.15, 0.2) is 41.2 Å². The average molecular weight is 328 g/mol. The summed E-state index contributed by atoms with van der Waals surface area (Å²) in [5.41, 5.74) is 9.29. The van der Waals surface area contributed by atoms with Crippen molar-refractivity contribution >= 4 is 22.5 Å². The van der Waals surface area contributed by atoms with Crippen LogP contribution in [0.1, 0.15) is 29.9 Å². The highest BCUT2D eigenvalue weighted by Gasteiger charge is 2.18. The Bertz CT molecular complexity index is 960. The Hall–Kier alpha value is -2.17. The monoisotopic (exact) mass is 327 g/mol. The Morgan fingerprint density at radius 2 is 1.96 bits per heavy atom. The number of hydrogen-bond acceptors (Lipinski definition) is 3. The molecule has 1 heterocycles. The molecule has 0 aliphatic rings. The van der Waals surface area contributed by atoms with Crippen LogP contribution in [0.2, 0.25) is 5.02 Å². The van der Waals surface area contributed by atoms with Crippen LogP contribution in [-0.4, -0.2) is 9.55 Å². The molecule has 0 radical (unpaired) electrons. The van der Waals surface area contributed by atoms with Crippen molar-refractivity contribution in [1.29, 1.82) is 0 Å². The van der Waals surface area contributed by atoms with E-state index in [0.717, 1.165) is 16.8 Å². The molecule has 2 aromatic carbocycles. The quantitative estimate of drug-likeness (QED) is 0.781. The lowest BCUT2D eigenvalue weighted by Gasteiger charge is -2.18.